The van der Waals surface area contributed by atoms with Crippen molar-refractivity contribution in [1.82, 2.24) is 8.87 Å². The number of hydrogen-bond donors (Lipinski definition) is 1. The van der Waals surface area contributed by atoms with Crippen LogP contribution in [0.5, 0.6) is 0 Å². The molecule has 184 valence electrons. The van der Waals surface area contributed by atoms with Crippen LogP contribution in [0.25, 0.3) is 10.2 Å². The van der Waals surface area contributed by atoms with E-state index < -0.39 is 26.0 Å². The first-order valence-electron chi connectivity index (χ1n) is 10.8. The van der Waals surface area contributed by atoms with Crippen LogP contribution in [0.2, 0.25) is 0 Å². The van der Waals surface area contributed by atoms with Gasteiger partial charge >= 0.3 is 0 Å². The molecule has 4 rings (SSSR count). The van der Waals surface area contributed by atoms with Gasteiger partial charge in [0.1, 0.15) is 0 Å². The molecule has 2 N–H and O–H groups in total. The highest BCUT2D eigenvalue weighted by molar-refractivity contribution is 7.89. The molecule has 1 aromatic heterocycles. The van der Waals surface area contributed by atoms with Gasteiger partial charge in [0.2, 0.25) is 20.0 Å². The van der Waals surface area contributed by atoms with Crippen molar-refractivity contribution in [3.05, 3.63) is 52.8 Å². The molecule has 1 saturated heterocycles. The maximum Gasteiger partial charge on any atom is 0.279 e. The Labute approximate surface area is 208 Å². The molecule has 9 nitrogen and oxygen atoms in total. The lowest BCUT2D eigenvalue weighted by atomic mass is 10.1. The molecule has 1 aliphatic heterocycles. The van der Waals surface area contributed by atoms with Crippen LogP contribution in [0.3, 0.4) is 0 Å². The van der Waals surface area contributed by atoms with E-state index in [0.717, 1.165) is 30.6 Å². The van der Waals surface area contributed by atoms with Crippen LogP contribution >= 0.6 is 11.3 Å². The number of piperidine rings is 1. The third-order valence-electron chi connectivity index (χ3n) is 5.88. The molecule has 1 unspecified atom stereocenters. The highest BCUT2D eigenvalue weighted by atomic mass is 32.2. The average Bonchev–Trinajstić information content (AvgIpc) is 3.15. The Balaban J connectivity index is 1.69. The Morgan fingerprint density at radius 1 is 1.14 bits per heavy atom. The Morgan fingerprint density at radius 3 is 2.46 bits per heavy atom. The van der Waals surface area contributed by atoms with Crippen LogP contribution < -0.4 is 9.94 Å². The van der Waals surface area contributed by atoms with Crippen LogP contribution in [-0.2, 0) is 26.6 Å². The minimum atomic E-state index is -3.90. The van der Waals surface area contributed by atoms with Gasteiger partial charge in [0.05, 0.1) is 26.6 Å². The summed E-state index contributed by atoms with van der Waals surface area (Å²) < 4.78 is 53.1. The average molecular weight is 533 g/mol. The van der Waals surface area contributed by atoms with E-state index in [0.29, 0.717) is 16.8 Å². The molecule has 12 heteroatoms. The zero-order chi connectivity index (χ0) is 25.4. The molecule has 1 atom stereocenters. The van der Waals surface area contributed by atoms with E-state index >= 15 is 0 Å². The summed E-state index contributed by atoms with van der Waals surface area (Å²) in [6.07, 6.45) is 8.13. The molecule has 0 radical (unpaired) electrons. The smallest absolute Gasteiger partial charge is 0.279 e. The predicted molar refractivity (Wildman–Crippen MR) is 134 cm³/mol. The number of hydrogen-bond acceptors (Lipinski definition) is 6. The van der Waals surface area contributed by atoms with Gasteiger partial charge in [-0.3, -0.25) is 4.79 Å². The molecule has 2 heterocycles. The highest BCUT2D eigenvalue weighted by Crippen LogP contribution is 2.25. The van der Waals surface area contributed by atoms with Crippen LogP contribution in [0, 0.1) is 12.3 Å². The van der Waals surface area contributed by atoms with E-state index in [1.54, 1.807) is 10.6 Å². The number of rotatable bonds is 5. The molecule has 0 spiro atoms. The van der Waals surface area contributed by atoms with Gasteiger partial charge in [-0.15, -0.1) is 6.42 Å². The number of nitrogens with zero attached hydrogens (tertiary/aromatic N) is 3. The van der Waals surface area contributed by atoms with Gasteiger partial charge in [0, 0.05) is 18.2 Å². The van der Waals surface area contributed by atoms with E-state index in [4.69, 9.17) is 11.6 Å². The second kappa shape index (κ2) is 9.67. The standard InChI is InChI=1S/C23H24N4O5S3/c1-3-13-26-20-12-11-19(34(24,29)30)15-21(20)33-23(26)25-22(28)17-7-9-18(10-8-17)35(31,32)27-14-5-4-6-16(27)2/h1,7-12,15-16H,4-6,13-14H2,2H3,(H2,24,29,30). The molecular formula is C23H24N4O5S3. The van der Waals surface area contributed by atoms with Crippen molar-refractivity contribution >= 4 is 47.5 Å². The van der Waals surface area contributed by atoms with Gasteiger partial charge < -0.3 is 4.57 Å². The Kier molecular flexibility index (Phi) is 6.99. The number of amides is 1. The van der Waals surface area contributed by atoms with Gasteiger partial charge in [-0.25, -0.2) is 22.0 Å². The summed E-state index contributed by atoms with van der Waals surface area (Å²) in [4.78, 5) is 17.4. The summed E-state index contributed by atoms with van der Waals surface area (Å²) in [5.41, 5.74) is 0.828. The zero-order valence-corrected chi connectivity index (χ0v) is 21.4. The summed E-state index contributed by atoms with van der Waals surface area (Å²) >= 11 is 1.10. The number of thiazole rings is 1. The number of terminal acetylenes is 1. The molecule has 1 aliphatic rings. The molecule has 1 fully saturated rings. The molecular weight excluding hydrogens is 508 g/mol. The monoisotopic (exact) mass is 532 g/mol. The van der Waals surface area contributed by atoms with Crippen LogP contribution in [0.4, 0.5) is 0 Å². The van der Waals surface area contributed by atoms with Crippen LogP contribution in [-0.4, -0.2) is 44.2 Å². The van der Waals surface area contributed by atoms with Crippen LogP contribution in [0.1, 0.15) is 36.5 Å². The van der Waals surface area contributed by atoms with E-state index in [-0.39, 0.29) is 32.7 Å². The van der Waals surface area contributed by atoms with E-state index in [2.05, 4.69) is 10.9 Å². The first kappa shape index (κ1) is 25.3. The second-order valence-corrected chi connectivity index (χ2v) is 12.7. The lowest BCUT2D eigenvalue weighted by Gasteiger charge is -2.32. The van der Waals surface area contributed by atoms with Gasteiger partial charge in [-0.2, -0.15) is 9.30 Å². The fourth-order valence-electron chi connectivity index (χ4n) is 4.05. The normalized spacial score (nSPS) is 18.0. The molecule has 3 aromatic rings. The third-order valence-corrected chi connectivity index (χ3v) is 9.86. The Hall–Kier alpha value is -2.82. The summed E-state index contributed by atoms with van der Waals surface area (Å²) in [5.74, 6) is 1.92. The SMILES string of the molecule is C#CCn1c(=NC(=O)c2ccc(S(=O)(=O)N3CCCCC3C)cc2)sc2cc(S(N)(=O)=O)ccc21. The zero-order valence-electron chi connectivity index (χ0n) is 18.9. The summed E-state index contributed by atoms with van der Waals surface area (Å²) in [5, 5.41) is 5.22. The van der Waals surface area contributed by atoms with Crippen molar-refractivity contribution in [2.75, 3.05) is 6.54 Å². The van der Waals surface area contributed by atoms with E-state index in [1.165, 1.54) is 40.7 Å². The van der Waals surface area contributed by atoms with E-state index in [9.17, 15) is 21.6 Å². The van der Waals surface area contributed by atoms with Gasteiger partial charge in [-0.05, 0) is 62.2 Å². The molecule has 1 amide bonds. The highest BCUT2D eigenvalue weighted by Gasteiger charge is 2.30. The first-order chi connectivity index (χ1) is 16.5. The number of fused-ring (bicyclic) bond motifs is 1. The third kappa shape index (κ3) is 5.10. The van der Waals surface area contributed by atoms with Crippen molar-refractivity contribution < 1.29 is 21.6 Å². The Morgan fingerprint density at radius 2 is 1.83 bits per heavy atom. The maximum absolute atomic E-state index is 13.0. The molecule has 35 heavy (non-hydrogen) atoms. The number of sulfonamides is 2. The molecule has 0 bridgehead atoms. The molecule has 0 saturated carbocycles. The van der Waals surface area contributed by atoms with Crippen molar-refractivity contribution in [1.29, 1.82) is 0 Å². The summed E-state index contributed by atoms with van der Waals surface area (Å²) in [6, 6.07) is 9.97. The topological polar surface area (TPSA) is 132 Å². The van der Waals surface area contributed by atoms with Gasteiger partial charge in [-0.1, -0.05) is 23.7 Å². The minimum Gasteiger partial charge on any atom is -0.305 e. The quantitative estimate of drug-likeness (QED) is 0.504. The number of carbonyl (C=O) groups is 1. The predicted octanol–water partition coefficient (Wildman–Crippen LogP) is 2.29. The maximum atomic E-state index is 13.0. The fourth-order valence-corrected chi connectivity index (χ4v) is 7.43. The van der Waals surface area contributed by atoms with Crippen molar-refractivity contribution in [2.24, 2.45) is 10.1 Å². The van der Waals surface area contributed by atoms with Gasteiger partial charge in [0.15, 0.2) is 4.80 Å². The van der Waals surface area contributed by atoms with Gasteiger partial charge in [0.25, 0.3) is 5.91 Å². The minimum absolute atomic E-state index is 0.0585. The molecule has 0 aliphatic carbocycles. The lowest BCUT2D eigenvalue weighted by molar-refractivity contribution is 0.0997. The van der Waals surface area contributed by atoms with Crippen molar-refractivity contribution in [2.45, 2.75) is 48.6 Å². The summed E-state index contributed by atoms with van der Waals surface area (Å²) in [7, 11) is -7.55. The Bertz CT molecular complexity index is 1610. The second-order valence-electron chi connectivity index (χ2n) is 8.25. The summed E-state index contributed by atoms with van der Waals surface area (Å²) in [6.45, 7) is 2.50. The number of carbonyl (C=O) groups excluding carboxylic acids is 1. The number of aromatic nitrogens is 1. The lowest BCUT2D eigenvalue weighted by Crippen LogP contribution is -2.41. The number of benzene rings is 2. The van der Waals surface area contributed by atoms with Crippen LogP contribution in [0.15, 0.2) is 57.2 Å². The molecule has 2 aromatic carbocycles. The number of primary sulfonamides is 1. The van der Waals surface area contributed by atoms with E-state index in [1.807, 2.05) is 6.92 Å². The fraction of sp³-hybridized carbons (Fsp3) is 0.304. The first-order valence-corrected chi connectivity index (χ1v) is 14.6. The van der Waals surface area contributed by atoms with Crippen molar-refractivity contribution in [3.8, 4) is 12.3 Å². The number of nitrogens with two attached hydrogens (primary N) is 1. The van der Waals surface area contributed by atoms with Crippen molar-refractivity contribution in [3.63, 3.8) is 0 Å². The largest absolute Gasteiger partial charge is 0.305 e.